The summed E-state index contributed by atoms with van der Waals surface area (Å²) in [5.41, 5.74) is 0.296. The van der Waals surface area contributed by atoms with Gasteiger partial charge in [0.25, 0.3) is 0 Å². The molecule has 0 bridgehead atoms. The van der Waals surface area contributed by atoms with Gasteiger partial charge in [0, 0.05) is 16.0 Å². The normalized spacial score (nSPS) is 30.8. The average molecular weight is 298 g/mol. The van der Waals surface area contributed by atoms with Gasteiger partial charge in [-0.05, 0) is 36.5 Å². The molecule has 0 amide bonds. The van der Waals surface area contributed by atoms with Gasteiger partial charge in [0.05, 0.1) is 17.2 Å². The van der Waals surface area contributed by atoms with Gasteiger partial charge in [-0.3, -0.25) is 4.21 Å². The molecule has 2 nitrogen and oxygen atoms in total. The molecule has 5 atom stereocenters. The molecule has 1 aliphatic carbocycles. The smallest absolute Gasteiger partial charge is 0.0668 e. The number of hydrogen-bond donors (Lipinski definition) is 0. The van der Waals surface area contributed by atoms with E-state index in [1.165, 1.54) is 0 Å². The minimum atomic E-state index is -0.891. The number of nitrogens with zero attached hydrogens (tertiary/aromatic N) is 1. The van der Waals surface area contributed by atoms with Crippen LogP contribution in [-0.2, 0) is 10.8 Å². The highest BCUT2D eigenvalue weighted by Gasteiger charge is 2.41. The molecule has 5 unspecified atom stereocenters. The summed E-state index contributed by atoms with van der Waals surface area (Å²) in [6, 6.07) is 2.43. The first-order valence-electron chi connectivity index (χ1n) is 8.03. The Morgan fingerprint density at radius 3 is 2.35 bits per heavy atom. The summed E-state index contributed by atoms with van der Waals surface area (Å²) < 4.78 is 12.8. The molecule has 0 aromatic rings. The highest BCUT2D eigenvalue weighted by molar-refractivity contribution is 7.86. The van der Waals surface area contributed by atoms with Crippen molar-refractivity contribution in [2.45, 2.75) is 77.7 Å². The fourth-order valence-corrected chi connectivity index (χ4v) is 5.11. The quantitative estimate of drug-likeness (QED) is 0.748. The summed E-state index contributed by atoms with van der Waals surface area (Å²) >= 11 is 0. The zero-order chi connectivity index (χ0) is 15.5. The van der Waals surface area contributed by atoms with Crippen LogP contribution in [0, 0.1) is 34.5 Å². The third kappa shape index (κ3) is 3.85. The molecule has 0 heterocycles. The molecule has 0 aliphatic heterocycles. The highest BCUT2D eigenvalue weighted by atomic mass is 32.2. The zero-order valence-corrected chi connectivity index (χ0v) is 14.8. The maximum atomic E-state index is 12.8. The lowest BCUT2D eigenvalue weighted by Gasteiger charge is -2.41. The van der Waals surface area contributed by atoms with Crippen molar-refractivity contribution in [2.24, 2.45) is 23.2 Å². The lowest BCUT2D eigenvalue weighted by atomic mass is 9.67. The highest BCUT2D eigenvalue weighted by Crippen LogP contribution is 2.44. The number of rotatable bonds is 5. The SMILES string of the molecule is CCC(C)(C)C1CCC(C#N)C(S(=O)C(C)C(C)C)C1. The van der Waals surface area contributed by atoms with Crippen LogP contribution < -0.4 is 0 Å². The Hall–Kier alpha value is -0.360. The molecule has 116 valence electrons. The van der Waals surface area contributed by atoms with E-state index in [1.54, 1.807) is 0 Å². The molecule has 1 rings (SSSR count). The van der Waals surface area contributed by atoms with Crippen molar-refractivity contribution in [3.8, 4) is 6.07 Å². The van der Waals surface area contributed by atoms with E-state index in [2.05, 4.69) is 47.6 Å². The van der Waals surface area contributed by atoms with Crippen LogP contribution in [-0.4, -0.2) is 14.7 Å². The second kappa shape index (κ2) is 7.07. The Morgan fingerprint density at radius 1 is 1.30 bits per heavy atom. The Bertz CT molecular complexity index is 383. The lowest BCUT2D eigenvalue weighted by molar-refractivity contribution is 0.142. The molecule has 0 saturated heterocycles. The molecule has 0 N–H and O–H groups in total. The van der Waals surface area contributed by atoms with E-state index in [1.807, 2.05) is 0 Å². The molecule has 0 spiro atoms. The zero-order valence-electron chi connectivity index (χ0n) is 14.0. The molecule has 1 saturated carbocycles. The first kappa shape index (κ1) is 17.7. The summed E-state index contributed by atoms with van der Waals surface area (Å²) in [6.45, 7) is 13.2. The molecular formula is C17H31NOS. The Kier molecular flexibility index (Phi) is 6.25. The molecule has 1 aliphatic rings. The van der Waals surface area contributed by atoms with E-state index in [4.69, 9.17) is 0 Å². The van der Waals surface area contributed by atoms with Gasteiger partial charge < -0.3 is 0 Å². The van der Waals surface area contributed by atoms with E-state index in [9.17, 15) is 9.47 Å². The van der Waals surface area contributed by atoms with Crippen LogP contribution in [0.4, 0.5) is 0 Å². The largest absolute Gasteiger partial charge is 0.259 e. The van der Waals surface area contributed by atoms with Gasteiger partial charge in [-0.25, -0.2) is 0 Å². The Morgan fingerprint density at radius 2 is 1.90 bits per heavy atom. The average Bonchev–Trinajstić information content (AvgIpc) is 2.44. The third-order valence-corrected chi connectivity index (χ3v) is 7.97. The maximum absolute atomic E-state index is 12.8. The van der Waals surface area contributed by atoms with Crippen molar-refractivity contribution in [3.05, 3.63) is 0 Å². The standard InChI is InChI=1S/C17H31NOS/c1-7-17(5,6)15-9-8-14(11-18)16(10-15)20(19)13(4)12(2)3/h12-16H,7-10H2,1-6H3. The van der Waals surface area contributed by atoms with E-state index in [-0.39, 0.29) is 16.4 Å². The van der Waals surface area contributed by atoms with Crippen molar-refractivity contribution in [2.75, 3.05) is 0 Å². The summed E-state index contributed by atoms with van der Waals surface area (Å²) in [6.07, 6.45) is 4.14. The lowest BCUT2D eigenvalue weighted by Crippen LogP contribution is -2.41. The van der Waals surface area contributed by atoms with Crippen molar-refractivity contribution in [1.82, 2.24) is 0 Å². The van der Waals surface area contributed by atoms with Gasteiger partial charge in [-0.2, -0.15) is 5.26 Å². The van der Waals surface area contributed by atoms with Crippen LogP contribution in [0.15, 0.2) is 0 Å². The van der Waals surface area contributed by atoms with E-state index in [0.717, 1.165) is 25.7 Å². The Labute approximate surface area is 127 Å². The first-order valence-corrected chi connectivity index (χ1v) is 9.31. The van der Waals surface area contributed by atoms with Crippen LogP contribution in [0.1, 0.15) is 67.2 Å². The monoisotopic (exact) mass is 297 g/mol. The number of nitriles is 1. The molecule has 3 heteroatoms. The van der Waals surface area contributed by atoms with Gasteiger partial charge in [0.1, 0.15) is 0 Å². The van der Waals surface area contributed by atoms with E-state index >= 15 is 0 Å². The second-order valence-electron chi connectivity index (χ2n) is 7.40. The van der Waals surface area contributed by atoms with E-state index < -0.39 is 10.8 Å². The predicted octanol–water partition coefficient (Wildman–Crippen LogP) is 4.52. The summed E-state index contributed by atoms with van der Waals surface area (Å²) in [4.78, 5) is 0. The molecule has 0 aromatic heterocycles. The van der Waals surface area contributed by atoms with E-state index in [0.29, 0.717) is 17.3 Å². The van der Waals surface area contributed by atoms with Crippen LogP contribution in [0.5, 0.6) is 0 Å². The fourth-order valence-electron chi connectivity index (χ4n) is 3.08. The maximum Gasteiger partial charge on any atom is 0.0668 e. The molecule has 0 radical (unpaired) electrons. The van der Waals surface area contributed by atoms with Gasteiger partial charge in [0.15, 0.2) is 0 Å². The number of hydrogen-bond acceptors (Lipinski definition) is 2. The first-order chi connectivity index (χ1) is 9.24. The van der Waals surface area contributed by atoms with Crippen molar-refractivity contribution in [3.63, 3.8) is 0 Å². The van der Waals surface area contributed by atoms with Crippen LogP contribution in [0.2, 0.25) is 0 Å². The third-order valence-electron chi connectivity index (χ3n) is 5.58. The van der Waals surface area contributed by atoms with Crippen LogP contribution >= 0.6 is 0 Å². The van der Waals surface area contributed by atoms with Crippen molar-refractivity contribution < 1.29 is 4.21 Å². The topological polar surface area (TPSA) is 40.9 Å². The predicted molar refractivity (Wildman–Crippen MR) is 86.7 cm³/mol. The summed E-state index contributed by atoms with van der Waals surface area (Å²) in [7, 11) is -0.891. The minimum absolute atomic E-state index is 0.0130. The Balaban J connectivity index is 2.90. The minimum Gasteiger partial charge on any atom is -0.259 e. The van der Waals surface area contributed by atoms with Crippen LogP contribution in [0.25, 0.3) is 0 Å². The van der Waals surface area contributed by atoms with Gasteiger partial charge >= 0.3 is 0 Å². The summed E-state index contributed by atoms with van der Waals surface area (Å²) in [5, 5.41) is 9.64. The summed E-state index contributed by atoms with van der Waals surface area (Å²) in [5.74, 6) is 1.00. The fraction of sp³-hybridized carbons (Fsp3) is 0.941. The van der Waals surface area contributed by atoms with Gasteiger partial charge in [0.2, 0.25) is 0 Å². The molecular weight excluding hydrogens is 266 g/mol. The van der Waals surface area contributed by atoms with Crippen LogP contribution in [0.3, 0.4) is 0 Å². The van der Waals surface area contributed by atoms with Crippen molar-refractivity contribution in [1.29, 1.82) is 5.26 Å². The molecule has 20 heavy (non-hydrogen) atoms. The molecule has 0 aromatic carbocycles. The van der Waals surface area contributed by atoms with Crippen molar-refractivity contribution >= 4 is 10.8 Å². The second-order valence-corrected chi connectivity index (χ2v) is 9.41. The van der Waals surface area contributed by atoms with Gasteiger partial charge in [-0.15, -0.1) is 0 Å². The van der Waals surface area contributed by atoms with Gasteiger partial charge in [-0.1, -0.05) is 48.0 Å². The molecule has 1 fully saturated rings.